The molecule has 0 radical (unpaired) electrons. The van der Waals surface area contributed by atoms with E-state index in [9.17, 15) is 0 Å². The van der Waals surface area contributed by atoms with Crippen molar-refractivity contribution in [3.63, 3.8) is 0 Å². The highest BCUT2D eigenvalue weighted by molar-refractivity contribution is 5.48. The second kappa shape index (κ2) is 3.24. The van der Waals surface area contributed by atoms with Gasteiger partial charge in [-0.2, -0.15) is 0 Å². The molecule has 2 N–H and O–H groups in total. The molecule has 0 unspecified atom stereocenters. The Bertz CT molecular complexity index is 325. The lowest BCUT2D eigenvalue weighted by atomic mass is 10.1. The molecule has 1 aromatic rings. The average molecular weight is 181 g/mol. The molecule has 4 nitrogen and oxygen atoms in total. The molecule has 13 heavy (non-hydrogen) atoms. The van der Waals surface area contributed by atoms with E-state index in [4.69, 9.17) is 14.7 Å². The fraction of sp³-hybridized carbons (Fsp3) is 0.333. The fourth-order valence-corrected chi connectivity index (χ4v) is 1.36. The number of hydroxylamine groups is 1. The van der Waals surface area contributed by atoms with Crippen LogP contribution in [0.3, 0.4) is 0 Å². The van der Waals surface area contributed by atoms with Crippen molar-refractivity contribution in [1.29, 1.82) is 0 Å². The second-order valence-electron chi connectivity index (χ2n) is 2.97. The molecule has 70 valence electrons. The van der Waals surface area contributed by atoms with Gasteiger partial charge in [0.1, 0.15) is 0 Å². The maximum atomic E-state index is 8.57. The number of aryl methyl sites for hydroxylation is 1. The van der Waals surface area contributed by atoms with Crippen molar-refractivity contribution in [2.75, 3.05) is 6.79 Å². The number of ether oxygens (including phenoxy) is 2. The van der Waals surface area contributed by atoms with Crippen LogP contribution in [0.5, 0.6) is 11.5 Å². The van der Waals surface area contributed by atoms with Crippen LogP contribution in [0, 0.1) is 6.92 Å². The molecule has 0 saturated carbocycles. The summed E-state index contributed by atoms with van der Waals surface area (Å²) in [5, 5.41) is 8.57. The van der Waals surface area contributed by atoms with Crippen molar-refractivity contribution >= 4 is 0 Å². The zero-order valence-corrected chi connectivity index (χ0v) is 7.33. The van der Waals surface area contributed by atoms with Crippen LogP contribution >= 0.6 is 0 Å². The quantitative estimate of drug-likeness (QED) is 0.673. The Kier molecular flexibility index (Phi) is 2.08. The minimum Gasteiger partial charge on any atom is -0.454 e. The molecule has 0 spiro atoms. The third-order valence-electron chi connectivity index (χ3n) is 2.10. The third-order valence-corrected chi connectivity index (χ3v) is 2.10. The summed E-state index contributed by atoms with van der Waals surface area (Å²) in [6.07, 6.45) is 0. The Morgan fingerprint density at radius 3 is 2.77 bits per heavy atom. The molecule has 0 amide bonds. The fourth-order valence-electron chi connectivity index (χ4n) is 1.36. The van der Waals surface area contributed by atoms with Crippen LogP contribution in [-0.2, 0) is 6.54 Å². The molecule has 0 bridgehead atoms. The van der Waals surface area contributed by atoms with Crippen molar-refractivity contribution < 1.29 is 14.7 Å². The van der Waals surface area contributed by atoms with Crippen LogP contribution in [-0.4, -0.2) is 12.0 Å². The van der Waals surface area contributed by atoms with E-state index < -0.39 is 0 Å². The predicted molar refractivity (Wildman–Crippen MR) is 45.9 cm³/mol. The van der Waals surface area contributed by atoms with E-state index in [1.165, 1.54) is 0 Å². The first kappa shape index (κ1) is 8.34. The molecule has 0 aliphatic carbocycles. The van der Waals surface area contributed by atoms with Crippen molar-refractivity contribution in [3.05, 3.63) is 23.3 Å². The lowest BCUT2D eigenvalue weighted by Gasteiger charge is -2.05. The smallest absolute Gasteiger partial charge is 0.231 e. The van der Waals surface area contributed by atoms with Gasteiger partial charge >= 0.3 is 0 Å². The van der Waals surface area contributed by atoms with E-state index in [0.29, 0.717) is 6.54 Å². The van der Waals surface area contributed by atoms with Crippen molar-refractivity contribution in [2.45, 2.75) is 13.5 Å². The minimum absolute atomic E-state index is 0.283. The van der Waals surface area contributed by atoms with Gasteiger partial charge in [-0.15, -0.1) is 0 Å². The van der Waals surface area contributed by atoms with E-state index in [2.05, 4.69) is 5.48 Å². The molecular weight excluding hydrogens is 170 g/mol. The van der Waals surface area contributed by atoms with Gasteiger partial charge in [0.2, 0.25) is 6.79 Å². The van der Waals surface area contributed by atoms with E-state index >= 15 is 0 Å². The van der Waals surface area contributed by atoms with Gasteiger partial charge in [-0.05, 0) is 30.2 Å². The Labute approximate surface area is 76.0 Å². The van der Waals surface area contributed by atoms with Crippen LogP contribution < -0.4 is 15.0 Å². The number of hydrogen-bond donors (Lipinski definition) is 2. The summed E-state index contributed by atoms with van der Waals surface area (Å²) in [5.74, 6) is 1.52. The summed E-state index contributed by atoms with van der Waals surface area (Å²) in [5.41, 5.74) is 4.20. The average Bonchev–Trinajstić information content (AvgIpc) is 2.52. The standard InChI is InChI=1S/C9H11NO3/c1-6-2-8-9(13-5-12-8)3-7(6)4-10-11/h2-3,10-11H,4-5H2,1H3. The normalized spacial score (nSPS) is 13.4. The largest absolute Gasteiger partial charge is 0.454 e. The van der Waals surface area contributed by atoms with Gasteiger partial charge in [-0.25, -0.2) is 5.48 Å². The summed E-state index contributed by atoms with van der Waals surface area (Å²) < 4.78 is 10.4. The van der Waals surface area contributed by atoms with Gasteiger partial charge < -0.3 is 14.7 Å². The first-order valence-corrected chi connectivity index (χ1v) is 4.07. The van der Waals surface area contributed by atoms with E-state index in [-0.39, 0.29) is 6.79 Å². The molecule has 4 heteroatoms. The highest BCUT2D eigenvalue weighted by Crippen LogP contribution is 2.34. The van der Waals surface area contributed by atoms with Crippen LogP contribution in [0.1, 0.15) is 11.1 Å². The topological polar surface area (TPSA) is 50.7 Å². The number of hydrogen-bond acceptors (Lipinski definition) is 4. The van der Waals surface area contributed by atoms with Crippen molar-refractivity contribution in [3.8, 4) is 11.5 Å². The maximum Gasteiger partial charge on any atom is 0.231 e. The monoisotopic (exact) mass is 181 g/mol. The molecule has 0 saturated heterocycles. The lowest BCUT2D eigenvalue weighted by Crippen LogP contribution is -2.07. The van der Waals surface area contributed by atoms with Crippen LogP contribution in [0.15, 0.2) is 12.1 Å². The van der Waals surface area contributed by atoms with Crippen LogP contribution in [0.4, 0.5) is 0 Å². The predicted octanol–water partition coefficient (Wildman–Crippen LogP) is 1.20. The molecule has 1 aromatic carbocycles. The highest BCUT2D eigenvalue weighted by Gasteiger charge is 2.14. The summed E-state index contributed by atoms with van der Waals surface area (Å²) in [7, 11) is 0. The van der Waals surface area contributed by atoms with Crippen molar-refractivity contribution in [1.82, 2.24) is 5.48 Å². The summed E-state index contributed by atoms with van der Waals surface area (Å²) in [6, 6.07) is 3.79. The second-order valence-corrected chi connectivity index (χ2v) is 2.97. The lowest BCUT2D eigenvalue weighted by molar-refractivity contribution is 0.161. The Balaban J connectivity index is 2.37. The summed E-state index contributed by atoms with van der Waals surface area (Å²) >= 11 is 0. The highest BCUT2D eigenvalue weighted by atomic mass is 16.7. The number of rotatable bonds is 2. The third kappa shape index (κ3) is 1.46. The first-order chi connectivity index (χ1) is 6.31. The minimum atomic E-state index is 0.283. The molecule has 2 rings (SSSR count). The molecular formula is C9H11NO3. The number of fused-ring (bicyclic) bond motifs is 1. The Morgan fingerprint density at radius 1 is 1.38 bits per heavy atom. The van der Waals surface area contributed by atoms with E-state index in [1.807, 2.05) is 19.1 Å². The zero-order chi connectivity index (χ0) is 9.26. The van der Waals surface area contributed by atoms with Crippen molar-refractivity contribution in [2.24, 2.45) is 0 Å². The van der Waals surface area contributed by atoms with Crippen LogP contribution in [0.25, 0.3) is 0 Å². The molecule has 0 atom stereocenters. The molecule has 1 aliphatic rings. The molecule has 0 aromatic heterocycles. The van der Waals surface area contributed by atoms with Gasteiger partial charge in [0.15, 0.2) is 11.5 Å². The van der Waals surface area contributed by atoms with Gasteiger partial charge in [-0.3, -0.25) is 0 Å². The molecule has 1 heterocycles. The Hall–Kier alpha value is -1.26. The molecule has 1 aliphatic heterocycles. The van der Waals surface area contributed by atoms with Gasteiger partial charge in [0.05, 0.1) is 0 Å². The zero-order valence-electron chi connectivity index (χ0n) is 7.33. The van der Waals surface area contributed by atoms with E-state index in [0.717, 1.165) is 22.6 Å². The van der Waals surface area contributed by atoms with Gasteiger partial charge in [0.25, 0.3) is 0 Å². The number of nitrogens with one attached hydrogen (secondary N) is 1. The van der Waals surface area contributed by atoms with E-state index in [1.54, 1.807) is 0 Å². The molecule has 0 fully saturated rings. The SMILES string of the molecule is Cc1cc2c(cc1CNO)OCO2. The first-order valence-electron chi connectivity index (χ1n) is 4.07. The number of benzene rings is 1. The van der Waals surface area contributed by atoms with Gasteiger partial charge in [0, 0.05) is 6.54 Å². The Morgan fingerprint density at radius 2 is 2.08 bits per heavy atom. The van der Waals surface area contributed by atoms with Gasteiger partial charge in [-0.1, -0.05) is 0 Å². The maximum absolute atomic E-state index is 8.57. The summed E-state index contributed by atoms with van der Waals surface area (Å²) in [4.78, 5) is 0. The van der Waals surface area contributed by atoms with Crippen LogP contribution in [0.2, 0.25) is 0 Å². The summed E-state index contributed by atoms with van der Waals surface area (Å²) in [6.45, 7) is 2.67.